The fraction of sp³-hybridized carbons (Fsp3) is 0. The van der Waals surface area contributed by atoms with E-state index in [2.05, 4.69) is 15.8 Å². The van der Waals surface area contributed by atoms with E-state index in [0.29, 0.717) is 15.7 Å². The van der Waals surface area contributed by atoms with Crippen LogP contribution in [0.25, 0.3) is 0 Å². The highest BCUT2D eigenvalue weighted by Crippen LogP contribution is 2.13. The fourth-order valence-electron chi connectivity index (χ4n) is 1.41. The van der Waals surface area contributed by atoms with Gasteiger partial charge < -0.3 is 5.32 Å². The highest BCUT2D eigenvalue weighted by molar-refractivity contribution is 6.30. The minimum Gasteiger partial charge on any atom is -0.307 e. The second-order valence-corrected chi connectivity index (χ2v) is 4.76. The van der Waals surface area contributed by atoms with Crippen molar-refractivity contribution in [3.8, 4) is 0 Å². The van der Waals surface area contributed by atoms with Gasteiger partial charge in [-0.15, -0.1) is 0 Å². The molecule has 102 valence electrons. The molecule has 2 rings (SSSR count). The maximum atomic E-state index is 11.6. The van der Waals surface area contributed by atoms with Gasteiger partial charge in [0, 0.05) is 15.7 Å². The molecule has 2 amide bonds. The van der Waals surface area contributed by atoms with E-state index in [1.54, 1.807) is 48.5 Å². The van der Waals surface area contributed by atoms with E-state index in [1.165, 1.54) is 6.21 Å². The van der Waals surface area contributed by atoms with Gasteiger partial charge in [-0.3, -0.25) is 0 Å². The summed E-state index contributed by atoms with van der Waals surface area (Å²) in [6.07, 6.45) is 1.53. The first kappa shape index (κ1) is 14.4. The third-order valence-electron chi connectivity index (χ3n) is 2.35. The van der Waals surface area contributed by atoms with Gasteiger partial charge >= 0.3 is 6.03 Å². The average molecular weight is 308 g/mol. The first-order chi connectivity index (χ1) is 9.63. The lowest BCUT2D eigenvalue weighted by molar-refractivity contribution is 0.252. The largest absolute Gasteiger partial charge is 0.339 e. The summed E-state index contributed by atoms with van der Waals surface area (Å²) < 4.78 is 0. The van der Waals surface area contributed by atoms with Crippen LogP contribution in [0.1, 0.15) is 5.56 Å². The van der Waals surface area contributed by atoms with Gasteiger partial charge in [-0.05, 0) is 42.0 Å². The summed E-state index contributed by atoms with van der Waals surface area (Å²) in [6, 6.07) is 13.4. The Morgan fingerprint density at radius 3 is 2.10 bits per heavy atom. The van der Waals surface area contributed by atoms with Crippen molar-refractivity contribution in [2.45, 2.75) is 0 Å². The van der Waals surface area contributed by atoms with Gasteiger partial charge in [-0.2, -0.15) is 5.10 Å². The number of hydrogen-bond donors (Lipinski definition) is 2. The number of amides is 2. The van der Waals surface area contributed by atoms with Crippen LogP contribution in [-0.2, 0) is 0 Å². The number of nitrogens with one attached hydrogen (secondary N) is 2. The summed E-state index contributed by atoms with van der Waals surface area (Å²) in [5.74, 6) is 0. The summed E-state index contributed by atoms with van der Waals surface area (Å²) in [4.78, 5) is 11.6. The quantitative estimate of drug-likeness (QED) is 0.649. The molecule has 0 aliphatic carbocycles. The van der Waals surface area contributed by atoms with Gasteiger partial charge in [-0.1, -0.05) is 35.3 Å². The SMILES string of the molecule is O=C(NN=Cc1ccc(Cl)cc1)Nc1ccc(Cl)cc1. The molecule has 2 aromatic carbocycles. The van der Waals surface area contributed by atoms with Crippen LogP contribution in [0.15, 0.2) is 53.6 Å². The Labute approximate surface area is 126 Å². The number of carbonyl (C=O) groups excluding carboxylic acids is 1. The van der Waals surface area contributed by atoms with Gasteiger partial charge in [-0.25, -0.2) is 10.2 Å². The summed E-state index contributed by atoms with van der Waals surface area (Å²) in [5, 5.41) is 7.71. The molecule has 0 heterocycles. The topological polar surface area (TPSA) is 53.5 Å². The van der Waals surface area contributed by atoms with Crippen molar-refractivity contribution in [2.75, 3.05) is 5.32 Å². The van der Waals surface area contributed by atoms with Crippen molar-refractivity contribution in [3.63, 3.8) is 0 Å². The normalized spacial score (nSPS) is 10.5. The van der Waals surface area contributed by atoms with Crippen LogP contribution in [0.5, 0.6) is 0 Å². The Bertz CT molecular complexity index is 609. The summed E-state index contributed by atoms with van der Waals surface area (Å²) in [6.45, 7) is 0. The molecule has 0 atom stereocenters. The lowest BCUT2D eigenvalue weighted by atomic mass is 10.2. The number of urea groups is 1. The number of carbonyl (C=O) groups is 1. The molecule has 0 bridgehead atoms. The van der Waals surface area contributed by atoms with Crippen molar-refractivity contribution < 1.29 is 4.79 Å². The van der Waals surface area contributed by atoms with E-state index >= 15 is 0 Å². The third-order valence-corrected chi connectivity index (χ3v) is 2.86. The standard InChI is InChI=1S/C14H11Cl2N3O/c15-11-3-1-10(2-4-11)9-17-19-14(20)18-13-7-5-12(16)6-8-13/h1-9H,(H2,18,19,20). The van der Waals surface area contributed by atoms with Gasteiger partial charge in [0.25, 0.3) is 0 Å². The Morgan fingerprint density at radius 1 is 0.950 bits per heavy atom. The number of benzene rings is 2. The van der Waals surface area contributed by atoms with Crippen molar-refractivity contribution in [3.05, 3.63) is 64.1 Å². The zero-order chi connectivity index (χ0) is 14.4. The maximum Gasteiger partial charge on any atom is 0.339 e. The van der Waals surface area contributed by atoms with Crippen LogP contribution in [0.2, 0.25) is 10.0 Å². The van der Waals surface area contributed by atoms with Crippen molar-refractivity contribution in [1.82, 2.24) is 5.43 Å². The highest BCUT2D eigenvalue weighted by Gasteiger charge is 1.99. The zero-order valence-corrected chi connectivity index (χ0v) is 11.8. The minimum atomic E-state index is -0.433. The van der Waals surface area contributed by atoms with Crippen LogP contribution < -0.4 is 10.7 Å². The number of nitrogens with zero attached hydrogens (tertiary/aromatic N) is 1. The second kappa shape index (κ2) is 6.93. The molecule has 4 nitrogen and oxygen atoms in total. The summed E-state index contributed by atoms with van der Waals surface area (Å²) >= 11 is 11.5. The van der Waals surface area contributed by atoms with Crippen LogP contribution in [0.3, 0.4) is 0 Å². The summed E-state index contributed by atoms with van der Waals surface area (Å²) in [7, 11) is 0. The van der Waals surface area contributed by atoms with E-state index in [1.807, 2.05) is 0 Å². The molecular weight excluding hydrogens is 297 g/mol. The molecule has 2 aromatic rings. The zero-order valence-electron chi connectivity index (χ0n) is 10.3. The Morgan fingerprint density at radius 2 is 1.50 bits per heavy atom. The number of anilines is 1. The molecule has 2 N–H and O–H groups in total. The van der Waals surface area contributed by atoms with E-state index in [0.717, 1.165) is 5.56 Å². The molecule has 0 spiro atoms. The summed E-state index contributed by atoms with van der Waals surface area (Å²) in [5.41, 5.74) is 3.83. The maximum absolute atomic E-state index is 11.6. The van der Waals surface area contributed by atoms with E-state index in [4.69, 9.17) is 23.2 Å². The molecule has 6 heteroatoms. The number of halogens is 2. The van der Waals surface area contributed by atoms with Crippen LogP contribution in [-0.4, -0.2) is 12.2 Å². The molecule has 0 radical (unpaired) electrons. The van der Waals surface area contributed by atoms with E-state index < -0.39 is 6.03 Å². The smallest absolute Gasteiger partial charge is 0.307 e. The number of rotatable bonds is 3. The predicted molar refractivity (Wildman–Crippen MR) is 82.7 cm³/mol. The molecule has 0 aliphatic heterocycles. The Hall–Kier alpha value is -2.04. The average Bonchev–Trinajstić information content (AvgIpc) is 2.44. The molecule has 0 aliphatic rings. The lowest BCUT2D eigenvalue weighted by Gasteiger charge is -2.03. The second-order valence-electron chi connectivity index (χ2n) is 3.88. The van der Waals surface area contributed by atoms with Crippen LogP contribution >= 0.6 is 23.2 Å². The monoisotopic (exact) mass is 307 g/mol. The van der Waals surface area contributed by atoms with E-state index in [9.17, 15) is 4.79 Å². The predicted octanol–water partition coefficient (Wildman–Crippen LogP) is 4.15. The van der Waals surface area contributed by atoms with Crippen LogP contribution in [0, 0.1) is 0 Å². The molecular formula is C14H11Cl2N3O. The molecule has 0 aromatic heterocycles. The molecule has 0 saturated carbocycles. The van der Waals surface area contributed by atoms with Gasteiger partial charge in [0.15, 0.2) is 0 Å². The molecule has 0 fully saturated rings. The van der Waals surface area contributed by atoms with Crippen molar-refractivity contribution >= 4 is 41.1 Å². The molecule has 0 saturated heterocycles. The Balaban J connectivity index is 1.85. The minimum absolute atomic E-state index is 0.433. The number of hydrogen-bond acceptors (Lipinski definition) is 2. The van der Waals surface area contributed by atoms with E-state index in [-0.39, 0.29) is 0 Å². The highest BCUT2D eigenvalue weighted by atomic mass is 35.5. The lowest BCUT2D eigenvalue weighted by Crippen LogP contribution is -2.24. The number of hydrazone groups is 1. The van der Waals surface area contributed by atoms with Crippen LogP contribution in [0.4, 0.5) is 10.5 Å². The third kappa shape index (κ3) is 4.57. The first-order valence-corrected chi connectivity index (χ1v) is 6.50. The Kier molecular flexibility index (Phi) is 4.98. The molecule has 0 unspecified atom stereocenters. The van der Waals surface area contributed by atoms with Gasteiger partial charge in [0.2, 0.25) is 0 Å². The molecule has 20 heavy (non-hydrogen) atoms. The van der Waals surface area contributed by atoms with Gasteiger partial charge in [0.05, 0.1) is 6.21 Å². The van der Waals surface area contributed by atoms with Crippen molar-refractivity contribution in [1.29, 1.82) is 0 Å². The first-order valence-electron chi connectivity index (χ1n) is 5.75. The van der Waals surface area contributed by atoms with Crippen molar-refractivity contribution in [2.24, 2.45) is 5.10 Å². The fourth-order valence-corrected chi connectivity index (χ4v) is 1.66. The van der Waals surface area contributed by atoms with Gasteiger partial charge in [0.1, 0.15) is 0 Å².